The normalized spacial score (nSPS) is 10.5. The van der Waals surface area contributed by atoms with Crippen LogP contribution in [-0.2, 0) is 13.7 Å². The first kappa shape index (κ1) is 24.5. The highest BCUT2D eigenvalue weighted by molar-refractivity contribution is 6.05. The van der Waals surface area contributed by atoms with E-state index in [1.807, 2.05) is 31.1 Å². The van der Waals surface area contributed by atoms with Crippen LogP contribution in [0.4, 0.5) is 21.9 Å². The van der Waals surface area contributed by atoms with Crippen molar-refractivity contribution in [3.8, 4) is 11.1 Å². The van der Waals surface area contributed by atoms with Crippen LogP contribution < -0.4 is 26.4 Å². The van der Waals surface area contributed by atoms with Crippen molar-refractivity contribution in [2.45, 2.75) is 13.5 Å². The number of nitrogens with one attached hydrogen (secondary N) is 3. The number of rotatable bonds is 7. The lowest BCUT2D eigenvalue weighted by molar-refractivity contribution is 0.102. The van der Waals surface area contributed by atoms with E-state index >= 15 is 0 Å². The SMILES string of the molecule is CCNC(=O)Nc1cc(-c2cccc(NC(=O)c3ccc(N(C)C)cc3)c2CO)cn(C)c1=O. The minimum absolute atomic E-state index is 0.102. The van der Waals surface area contributed by atoms with Crippen LogP contribution in [0.5, 0.6) is 0 Å². The number of benzene rings is 2. The van der Waals surface area contributed by atoms with E-state index in [1.165, 1.54) is 4.57 Å². The van der Waals surface area contributed by atoms with E-state index in [2.05, 4.69) is 16.0 Å². The van der Waals surface area contributed by atoms with Gasteiger partial charge < -0.3 is 30.5 Å². The molecule has 0 aliphatic rings. The van der Waals surface area contributed by atoms with E-state index in [-0.39, 0.29) is 23.8 Å². The first-order valence-electron chi connectivity index (χ1n) is 10.8. The molecular weight excluding hydrogens is 434 g/mol. The van der Waals surface area contributed by atoms with Gasteiger partial charge in [-0.15, -0.1) is 0 Å². The number of carbonyl (C=O) groups excluding carboxylic acids is 2. The zero-order chi connectivity index (χ0) is 24.8. The van der Waals surface area contributed by atoms with Crippen molar-refractivity contribution < 1.29 is 14.7 Å². The molecule has 0 atom stereocenters. The number of aliphatic hydroxyl groups is 1. The number of urea groups is 1. The minimum atomic E-state index is -0.486. The summed E-state index contributed by atoms with van der Waals surface area (Å²) in [6, 6.07) is 13.5. The number of nitrogens with zero attached hydrogens (tertiary/aromatic N) is 2. The molecule has 2 aromatic carbocycles. The standard InChI is InChI=1S/C25H29N5O4/c1-5-26-25(34)28-22-13-17(14-30(4)24(22)33)19-7-6-8-21(20(19)15-31)27-23(32)16-9-11-18(12-10-16)29(2)3/h6-14,31H,5,15H2,1-4H3,(H,27,32)(H2,26,28,34). The van der Waals surface area contributed by atoms with Crippen molar-refractivity contribution >= 4 is 29.0 Å². The lowest BCUT2D eigenvalue weighted by Crippen LogP contribution is -2.32. The maximum atomic E-state index is 12.8. The molecule has 178 valence electrons. The first-order chi connectivity index (χ1) is 16.2. The van der Waals surface area contributed by atoms with Crippen LogP contribution in [0, 0.1) is 0 Å². The largest absolute Gasteiger partial charge is 0.392 e. The van der Waals surface area contributed by atoms with E-state index in [1.54, 1.807) is 56.6 Å². The Bertz CT molecular complexity index is 1250. The molecule has 34 heavy (non-hydrogen) atoms. The van der Waals surface area contributed by atoms with Crippen LogP contribution in [0.2, 0.25) is 0 Å². The van der Waals surface area contributed by atoms with Crippen LogP contribution in [0.15, 0.2) is 59.5 Å². The lowest BCUT2D eigenvalue weighted by atomic mass is 9.99. The van der Waals surface area contributed by atoms with Gasteiger partial charge >= 0.3 is 6.03 Å². The Balaban J connectivity index is 1.96. The van der Waals surface area contributed by atoms with Gasteiger partial charge in [0.25, 0.3) is 11.5 Å². The van der Waals surface area contributed by atoms with Gasteiger partial charge in [0.15, 0.2) is 0 Å². The predicted octanol–water partition coefficient (Wildman–Crippen LogP) is 3.00. The van der Waals surface area contributed by atoms with Gasteiger partial charge in [-0.1, -0.05) is 12.1 Å². The second kappa shape index (κ2) is 10.7. The Morgan fingerprint density at radius 1 is 1.03 bits per heavy atom. The topological polar surface area (TPSA) is 116 Å². The van der Waals surface area contributed by atoms with Crippen LogP contribution in [0.1, 0.15) is 22.8 Å². The third-order valence-corrected chi connectivity index (χ3v) is 5.31. The number of anilines is 3. The van der Waals surface area contributed by atoms with Crippen molar-refractivity contribution in [2.24, 2.45) is 7.05 Å². The van der Waals surface area contributed by atoms with E-state index < -0.39 is 6.03 Å². The number of aromatic nitrogens is 1. The summed E-state index contributed by atoms with van der Waals surface area (Å²) in [5, 5.41) is 18.2. The van der Waals surface area contributed by atoms with Gasteiger partial charge in [0, 0.05) is 61.9 Å². The molecule has 4 N–H and O–H groups in total. The number of aryl methyl sites for hydroxylation is 1. The number of carbonyl (C=O) groups is 2. The molecule has 0 bridgehead atoms. The van der Waals surface area contributed by atoms with Crippen molar-refractivity contribution in [1.82, 2.24) is 9.88 Å². The van der Waals surface area contributed by atoms with Crippen LogP contribution in [-0.4, -0.2) is 42.3 Å². The highest BCUT2D eigenvalue weighted by Gasteiger charge is 2.16. The molecule has 3 aromatic rings. The summed E-state index contributed by atoms with van der Waals surface area (Å²) in [7, 11) is 5.42. The smallest absolute Gasteiger partial charge is 0.319 e. The average Bonchev–Trinajstić information content (AvgIpc) is 2.81. The number of amides is 3. The van der Waals surface area contributed by atoms with Crippen molar-refractivity contribution in [3.63, 3.8) is 0 Å². The van der Waals surface area contributed by atoms with Crippen LogP contribution in [0.3, 0.4) is 0 Å². The molecule has 0 aliphatic carbocycles. The third kappa shape index (κ3) is 5.44. The molecule has 1 aromatic heterocycles. The van der Waals surface area contributed by atoms with Crippen molar-refractivity contribution in [3.05, 3.63) is 76.2 Å². The monoisotopic (exact) mass is 463 g/mol. The Labute approximate surface area is 198 Å². The van der Waals surface area contributed by atoms with Crippen LogP contribution in [0.25, 0.3) is 11.1 Å². The van der Waals surface area contributed by atoms with E-state index in [0.717, 1.165) is 5.69 Å². The van der Waals surface area contributed by atoms with E-state index in [9.17, 15) is 19.5 Å². The zero-order valence-corrected chi connectivity index (χ0v) is 19.7. The van der Waals surface area contributed by atoms with Gasteiger partial charge in [-0.3, -0.25) is 9.59 Å². The highest BCUT2D eigenvalue weighted by Crippen LogP contribution is 2.30. The molecule has 3 rings (SSSR count). The Kier molecular flexibility index (Phi) is 7.70. The summed E-state index contributed by atoms with van der Waals surface area (Å²) in [6.07, 6.45) is 1.62. The molecule has 3 amide bonds. The Hall–Kier alpha value is -4.11. The molecule has 9 nitrogen and oxygen atoms in total. The van der Waals surface area contributed by atoms with Crippen molar-refractivity contribution in [1.29, 1.82) is 0 Å². The maximum Gasteiger partial charge on any atom is 0.319 e. The highest BCUT2D eigenvalue weighted by atomic mass is 16.3. The fraction of sp³-hybridized carbons (Fsp3) is 0.240. The van der Waals surface area contributed by atoms with Gasteiger partial charge in [-0.25, -0.2) is 4.79 Å². The molecule has 1 heterocycles. The molecular formula is C25H29N5O4. The summed E-state index contributed by atoms with van der Waals surface area (Å²) < 4.78 is 1.36. The number of pyridine rings is 1. The van der Waals surface area contributed by atoms with E-state index in [4.69, 9.17) is 0 Å². The average molecular weight is 464 g/mol. The summed E-state index contributed by atoms with van der Waals surface area (Å²) in [5.41, 5.74) is 3.35. The van der Waals surface area contributed by atoms with Gasteiger partial charge in [0.05, 0.1) is 6.61 Å². The number of hydrogen-bond donors (Lipinski definition) is 4. The van der Waals surface area contributed by atoms with Crippen molar-refractivity contribution in [2.75, 3.05) is 36.2 Å². The summed E-state index contributed by atoms with van der Waals surface area (Å²) >= 11 is 0. The molecule has 0 fully saturated rings. The molecule has 0 saturated heterocycles. The van der Waals surface area contributed by atoms with Gasteiger partial charge in [0.2, 0.25) is 0 Å². The van der Waals surface area contributed by atoms with Gasteiger partial charge in [0.1, 0.15) is 5.69 Å². The summed E-state index contributed by atoms with van der Waals surface area (Å²) in [5.74, 6) is -0.309. The van der Waals surface area contributed by atoms with Gasteiger partial charge in [-0.2, -0.15) is 0 Å². The molecule has 0 unspecified atom stereocenters. The lowest BCUT2D eigenvalue weighted by Gasteiger charge is -2.16. The quantitative estimate of drug-likeness (QED) is 0.430. The molecule has 0 saturated carbocycles. The van der Waals surface area contributed by atoms with Gasteiger partial charge in [-0.05, 0) is 48.9 Å². The molecule has 0 radical (unpaired) electrons. The first-order valence-corrected chi connectivity index (χ1v) is 10.8. The Morgan fingerprint density at radius 2 is 1.74 bits per heavy atom. The number of hydrogen-bond acceptors (Lipinski definition) is 5. The van der Waals surface area contributed by atoms with Crippen LogP contribution >= 0.6 is 0 Å². The summed E-state index contributed by atoms with van der Waals surface area (Å²) in [4.78, 5) is 39.2. The minimum Gasteiger partial charge on any atom is -0.392 e. The number of aliphatic hydroxyl groups excluding tert-OH is 1. The molecule has 9 heteroatoms. The molecule has 0 aliphatic heterocycles. The second-order valence-corrected chi connectivity index (χ2v) is 7.93. The Morgan fingerprint density at radius 3 is 2.35 bits per heavy atom. The summed E-state index contributed by atoms with van der Waals surface area (Å²) in [6.45, 7) is 1.85. The third-order valence-electron chi connectivity index (χ3n) is 5.31. The maximum absolute atomic E-state index is 12.8. The van der Waals surface area contributed by atoms with E-state index in [0.29, 0.717) is 34.5 Å². The second-order valence-electron chi connectivity index (χ2n) is 7.93. The fourth-order valence-electron chi connectivity index (χ4n) is 3.53. The predicted molar refractivity (Wildman–Crippen MR) is 134 cm³/mol. The fourth-order valence-corrected chi connectivity index (χ4v) is 3.53. The zero-order valence-electron chi connectivity index (χ0n) is 19.7. The molecule has 0 spiro atoms.